The van der Waals surface area contributed by atoms with Crippen LogP contribution in [0.4, 0.5) is 0 Å². The van der Waals surface area contributed by atoms with Crippen molar-refractivity contribution in [2.24, 2.45) is 0 Å². The van der Waals surface area contributed by atoms with Crippen molar-refractivity contribution in [1.82, 2.24) is 0 Å². The standard InChI is InChI=1S/C12H12O4/c1-15-10-2-3-11-9(7-10)6-8(12(13)14)4-5-16-11/h2-3,6-7H,4-5H2,1H3,(H,13,14). The summed E-state index contributed by atoms with van der Waals surface area (Å²) < 4.78 is 10.5. The first-order valence-electron chi connectivity index (χ1n) is 4.95. The van der Waals surface area contributed by atoms with E-state index in [-0.39, 0.29) is 0 Å². The lowest BCUT2D eigenvalue weighted by molar-refractivity contribution is -0.132. The molecule has 0 aliphatic carbocycles. The van der Waals surface area contributed by atoms with Crippen LogP contribution >= 0.6 is 0 Å². The predicted octanol–water partition coefficient (Wildman–Crippen LogP) is 1.95. The molecule has 0 spiro atoms. The number of carboxylic acid groups (broad SMARTS) is 1. The van der Waals surface area contributed by atoms with E-state index >= 15 is 0 Å². The normalized spacial score (nSPS) is 14.2. The second-order valence-electron chi connectivity index (χ2n) is 3.48. The molecule has 0 radical (unpaired) electrons. The van der Waals surface area contributed by atoms with Crippen molar-refractivity contribution < 1.29 is 19.4 Å². The molecule has 1 aromatic carbocycles. The van der Waals surface area contributed by atoms with Gasteiger partial charge in [-0.25, -0.2) is 4.79 Å². The summed E-state index contributed by atoms with van der Waals surface area (Å²) in [5.74, 6) is 0.474. The Morgan fingerprint density at radius 2 is 2.31 bits per heavy atom. The highest BCUT2D eigenvalue weighted by atomic mass is 16.5. The van der Waals surface area contributed by atoms with Crippen molar-refractivity contribution in [3.8, 4) is 11.5 Å². The third kappa shape index (κ3) is 2.00. The highest BCUT2D eigenvalue weighted by Crippen LogP contribution is 2.29. The maximum Gasteiger partial charge on any atom is 0.331 e. The number of rotatable bonds is 2. The van der Waals surface area contributed by atoms with Gasteiger partial charge in [0, 0.05) is 17.6 Å². The Labute approximate surface area is 93.1 Å². The molecule has 1 aliphatic rings. The van der Waals surface area contributed by atoms with Crippen molar-refractivity contribution in [2.45, 2.75) is 6.42 Å². The molecule has 1 heterocycles. The molecule has 16 heavy (non-hydrogen) atoms. The molecule has 0 aromatic heterocycles. The number of fused-ring (bicyclic) bond motifs is 1. The van der Waals surface area contributed by atoms with Gasteiger partial charge in [-0.05, 0) is 24.3 Å². The Bertz CT molecular complexity index is 448. The fourth-order valence-electron chi connectivity index (χ4n) is 1.60. The smallest absolute Gasteiger partial charge is 0.331 e. The predicted molar refractivity (Wildman–Crippen MR) is 58.7 cm³/mol. The molecule has 1 N–H and O–H groups in total. The zero-order chi connectivity index (χ0) is 11.5. The number of carbonyl (C=O) groups is 1. The fourth-order valence-corrected chi connectivity index (χ4v) is 1.60. The molecule has 0 unspecified atom stereocenters. The van der Waals surface area contributed by atoms with E-state index in [1.807, 2.05) is 0 Å². The Morgan fingerprint density at radius 1 is 1.50 bits per heavy atom. The van der Waals surface area contributed by atoms with Crippen LogP contribution in [0.2, 0.25) is 0 Å². The SMILES string of the molecule is COc1ccc2c(c1)C=C(C(=O)O)CCO2. The molecular weight excluding hydrogens is 208 g/mol. The molecular formula is C12H12O4. The first kappa shape index (κ1) is 10.5. The second kappa shape index (κ2) is 4.26. The average molecular weight is 220 g/mol. The number of methoxy groups -OCH3 is 1. The van der Waals surface area contributed by atoms with E-state index in [2.05, 4.69) is 0 Å². The quantitative estimate of drug-likeness (QED) is 0.827. The zero-order valence-corrected chi connectivity index (χ0v) is 8.90. The first-order chi connectivity index (χ1) is 7.70. The van der Waals surface area contributed by atoms with Crippen molar-refractivity contribution in [2.75, 3.05) is 13.7 Å². The van der Waals surface area contributed by atoms with Crippen LogP contribution in [0, 0.1) is 0 Å². The van der Waals surface area contributed by atoms with Crippen LogP contribution in [-0.4, -0.2) is 24.8 Å². The van der Waals surface area contributed by atoms with Crippen LogP contribution in [0.3, 0.4) is 0 Å². The topological polar surface area (TPSA) is 55.8 Å². The maximum atomic E-state index is 10.9. The van der Waals surface area contributed by atoms with Gasteiger partial charge in [-0.15, -0.1) is 0 Å². The van der Waals surface area contributed by atoms with Gasteiger partial charge in [-0.1, -0.05) is 0 Å². The third-order valence-electron chi connectivity index (χ3n) is 2.45. The minimum atomic E-state index is -0.903. The Hall–Kier alpha value is -1.97. The molecule has 84 valence electrons. The van der Waals surface area contributed by atoms with Crippen molar-refractivity contribution >= 4 is 12.0 Å². The Balaban J connectivity index is 2.45. The zero-order valence-electron chi connectivity index (χ0n) is 8.90. The fraction of sp³-hybridized carbons (Fsp3) is 0.250. The molecule has 0 fully saturated rings. The maximum absolute atomic E-state index is 10.9. The van der Waals surface area contributed by atoms with Gasteiger partial charge in [0.05, 0.1) is 13.7 Å². The molecule has 4 heteroatoms. The number of ether oxygens (including phenoxy) is 2. The van der Waals surface area contributed by atoms with E-state index < -0.39 is 5.97 Å². The van der Waals surface area contributed by atoms with Crippen LogP contribution in [0.1, 0.15) is 12.0 Å². The van der Waals surface area contributed by atoms with Crippen LogP contribution in [-0.2, 0) is 4.79 Å². The van der Waals surface area contributed by atoms with Crippen LogP contribution in [0.25, 0.3) is 6.08 Å². The highest BCUT2D eigenvalue weighted by molar-refractivity contribution is 5.93. The molecule has 0 saturated heterocycles. The van der Waals surface area contributed by atoms with Crippen LogP contribution in [0.5, 0.6) is 11.5 Å². The van der Waals surface area contributed by atoms with Gasteiger partial charge in [-0.3, -0.25) is 0 Å². The summed E-state index contributed by atoms with van der Waals surface area (Å²) >= 11 is 0. The van der Waals surface area contributed by atoms with E-state index in [1.165, 1.54) is 0 Å². The molecule has 0 amide bonds. The summed E-state index contributed by atoms with van der Waals surface area (Å²) in [5, 5.41) is 8.96. The summed E-state index contributed by atoms with van der Waals surface area (Å²) in [6, 6.07) is 5.34. The van der Waals surface area contributed by atoms with Gasteiger partial charge < -0.3 is 14.6 Å². The lowest BCUT2D eigenvalue weighted by Gasteiger charge is -2.07. The summed E-state index contributed by atoms with van der Waals surface area (Å²) in [6.07, 6.45) is 2.04. The van der Waals surface area contributed by atoms with Gasteiger partial charge in [0.15, 0.2) is 0 Å². The van der Waals surface area contributed by atoms with Crippen LogP contribution < -0.4 is 9.47 Å². The second-order valence-corrected chi connectivity index (χ2v) is 3.48. The molecule has 4 nitrogen and oxygen atoms in total. The van der Waals surface area contributed by atoms with E-state index in [0.717, 1.165) is 5.56 Å². The number of aliphatic carboxylic acids is 1. The van der Waals surface area contributed by atoms with Gasteiger partial charge in [0.1, 0.15) is 11.5 Å². The molecule has 2 rings (SSSR count). The van der Waals surface area contributed by atoms with E-state index in [9.17, 15) is 4.79 Å². The summed E-state index contributed by atoms with van der Waals surface area (Å²) in [4.78, 5) is 10.9. The van der Waals surface area contributed by atoms with Crippen molar-refractivity contribution in [3.63, 3.8) is 0 Å². The van der Waals surface area contributed by atoms with E-state index in [4.69, 9.17) is 14.6 Å². The number of carboxylic acids is 1. The Morgan fingerprint density at radius 3 is 3.00 bits per heavy atom. The largest absolute Gasteiger partial charge is 0.497 e. The molecule has 0 saturated carbocycles. The van der Waals surface area contributed by atoms with Gasteiger partial charge in [0.25, 0.3) is 0 Å². The van der Waals surface area contributed by atoms with Crippen LogP contribution in [0.15, 0.2) is 23.8 Å². The summed E-state index contributed by atoms with van der Waals surface area (Å²) in [7, 11) is 1.57. The minimum Gasteiger partial charge on any atom is -0.497 e. The van der Waals surface area contributed by atoms with E-state index in [0.29, 0.717) is 30.1 Å². The highest BCUT2D eigenvalue weighted by Gasteiger charge is 2.14. The number of hydrogen-bond acceptors (Lipinski definition) is 3. The van der Waals surface area contributed by atoms with Gasteiger partial charge in [0.2, 0.25) is 0 Å². The lowest BCUT2D eigenvalue weighted by atomic mass is 10.1. The molecule has 0 bridgehead atoms. The summed E-state index contributed by atoms with van der Waals surface area (Å²) in [6.45, 7) is 0.386. The van der Waals surface area contributed by atoms with Gasteiger partial charge >= 0.3 is 5.97 Å². The molecule has 0 atom stereocenters. The number of benzene rings is 1. The third-order valence-corrected chi connectivity index (χ3v) is 2.45. The Kier molecular flexibility index (Phi) is 2.81. The number of hydrogen-bond donors (Lipinski definition) is 1. The molecule has 1 aromatic rings. The van der Waals surface area contributed by atoms with E-state index in [1.54, 1.807) is 31.4 Å². The van der Waals surface area contributed by atoms with Gasteiger partial charge in [-0.2, -0.15) is 0 Å². The van der Waals surface area contributed by atoms with Crippen molar-refractivity contribution in [3.05, 3.63) is 29.3 Å². The summed E-state index contributed by atoms with van der Waals surface area (Å²) in [5.41, 5.74) is 1.10. The average Bonchev–Trinajstić information content (AvgIpc) is 2.49. The monoisotopic (exact) mass is 220 g/mol. The minimum absolute atomic E-state index is 0.354. The first-order valence-corrected chi connectivity index (χ1v) is 4.95. The molecule has 1 aliphatic heterocycles. The van der Waals surface area contributed by atoms with Crippen molar-refractivity contribution in [1.29, 1.82) is 0 Å². The lowest BCUT2D eigenvalue weighted by Crippen LogP contribution is -2.03.